The zero-order valence-electron chi connectivity index (χ0n) is 12.4. The molecule has 1 aromatic rings. The van der Waals surface area contributed by atoms with Crippen LogP contribution in [0.2, 0.25) is 0 Å². The number of hydrogen-bond acceptors (Lipinski definition) is 3. The quantitative estimate of drug-likeness (QED) is 0.909. The average molecular weight is 305 g/mol. The van der Waals surface area contributed by atoms with E-state index in [1.54, 1.807) is 10.9 Å². The van der Waals surface area contributed by atoms with Crippen LogP contribution < -0.4 is 5.32 Å². The van der Waals surface area contributed by atoms with Crippen LogP contribution in [0.25, 0.3) is 0 Å². The summed E-state index contributed by atoms with van der Waals surface area (Å²) in [5, 5.41) is 7.59. The van der Waals surface area contributed by atoms with Gasteiger partial charge in [-0.1, -0.05) is 0 Å². The van der Waals surface area contributed by atoms with Gasteiger partial charge in [-0.3, -0.25) is 4.68 Å². The number of halogens is 3. The van der Waals surface area contributed by atoms with Crippen LogP contribution in [0.4, 0.5) is 13.2 Å². The Morgan fingerprint density at radius 3 is 2.86 bits per heavy atom. The molecule has 0 saturated heterocycles. The number of aryl methyl sites for hydroxylation is 1. The van der Waals surface area contributed by atoms with Crippen molar-refractivity contribution in [2.24, 2.45) is 7.05 Å². The lowest BCUT2D eigenvalue weighted by Gasteiger charge is -2.32. The van der Waals surface area contributed by atoms with Gasteiger partial charge in [0.2, 0.25) is 0 Å². The van der Waals surface area contributed by atoms with Crippen molar-refractivity contribution in [1.29, 1.82) is 0 Å². The highest BCUT2D eigenvalue weighted by atomic mass is 19.4. The van der Waals surface area contributed by atoms with Crippen molar-refractivity contribution in [3.8, 4) is 0 Å². The van der Waals surface area contributed by atoms with E-state index < -0.39 is 12.8 Å². The van der Waals surface area contributed by atoms with Crippen molar-refractivity contribution in [1.82, 2.24) is 15.1 Å². The second-order valence-electron chi connectivity index (χ2n) is 5.75. The average Bonchev–Trinajstić information content (AvgIpc) is 2.83. The standard InChI is InChI=1S/C14H22F3N3O/c1-10(11-7-18-20(2)8-11)19-12-4-3-5-13(6-12)21-9-14(15,16)17/h7-8,10,12-13,19H,3-6,9H2,1-2H3. The molecule has 4 nitrogen and oxygen atoms in total. The molecular formula is C14H22F3N3O. The summed E-state index contributed by atoms with van der Waals surface area (Å²) >= 11 is 0. The van der Waals surface area contributed by atoms with E-state index in [1.165, 1.54) is 0 Å². The lowest BCUT2D eigenvalue weighted by atomic mass is 9.92. The van der Waals surface area contributed by atoms with Gasteiger partial charge in [0.25, 0.3) is 0 Å². The predicted octanol–water partition coefficient (Wildman–Crippen LogP) is 2.96. The molecule has 1 fully saturated rings. The molecular weight excluding hydrogens is 283 g/mol. The van der Waals surface area contributed by atoms with Gasteiger partial charge in [-0.15, -0.1) is 0 Å². The smallest absolute Gasteiger partial charge is 0.369 e. The molecule has 120 valence electrons. The van der Waals surface area contributed by atoms with Gasteiger partial charge in [0.05, 0.1) is 12.3 Å². The van der Waals surface area contributed by atoms with Gasteiger partial charge in [-0.05, 0) is 32.6 Å². The molecule has 0 spiro atoms. The summed E-state index contributed by atoms with van der Waals surface area (Å²) in [5.41, 5.74) is 1.08. The number of nitrogens with zero attached hydrogens (tertiary/aromatic N) is 2. The van der Waals surface area contributed by atoms with E-state index >= 15 is 0 Å². The second kappa shape index (κ2) is 6.79. The number of nitrogens with one attached hydrogen (secondary N) is 1. The van der Waals surface area contributed by atoms with Gasteiger partial charge in [-0.2, -0.15) is 18.3 Å². The largest absolute Gasteiger partial charge is 0.411 e. The maximum Gasteiger partial charge on any atom is 0.411 e. The van der Waals surface area contributed by atoms with Crippen molar-refractivity contribution >= 4 is 0 Å². The molecule has 7 heteroatoms. The first-order chi connectivity index (χ1) is 9.83. The van der Waals surface area contributed by atoms with Crippen LogP contribution in [0.15, 0.2) is 12.4 Å². The molecule has 1 aliphatic rings. The number of hydrogen-bond donors (Lipinski definition) is 1. The Balaban J connectivity index is 1.81. The molecule has 2 rings (SSSR count). The zero-order valence-corrected chi connectivity index (χ0v) is 12.4. The topological polar surface area (TPSA) is 39.1 Å². The third-order valence-corrected chi connectivity index (χ3v) is 3.82. The SMILES string of the molecule is CC(NC1CCCC(OCC(F)(F)F)C1)c1cnn(C)c1. The van der Waals surface area contributed by atoms with Gasteiger partial charge in [0.1, 0.15) is 6.61 Å². The van der Waals surface area contributed by atoms with Crippen LogP contribution in [0.1, 0.15) is 44.2 Å². The molecule has 3 unspecified atom stereocenters. The van der Waals surface area contributed by atoms with E-state index in [9.17, 15) is 13.2 Å². The summed E-state index contributed by atoms with van der Waals surface area (Å²) < 4.78 is 43.3. The van der Waals surface area contributed by atoms with Crippen LogP contribution >= 0.6 is 0 Å². The van der Waals surface area contributed by atoms with Crippen LogP contribution in [0, 0.1) is 0 Å². The van der Waals surface area contributed by atoms with E-state index in [0.29, 0.717) is 12.8 Å². The van der Waals surface area contributed by atoms with E-state index in [1.807, 2.05) is 20.2 Å². The van der Waals surface area contributed by atoms with Crippen LogP contribution in [-0.4, -0.2) is 34.7 Å². The summed E-state index contributed by atoms with van der Waals surface area (Å²) in [5.74, 6) is 0. The van der Waals surface area contributed by atoms with Gasteiger partial charge in [0, 0.05) is 30.9 Å². The molecule has 0 amide bonds. The molecule has 1 saturated carbocycles. The van der Waals surface area contributed by atoms with Crippen LogP contribution in [0.5, 0.6) is 0 Å². The van der Waals surface area contributed by atoms with Gasteiger partial charge >= 0.3 is 6.18 Å². The van der Waals surface area contributed by atoms with E-state index in [-0.39, 0.29) is 18.2 Å². The van der Waals surface area contributed by atoms with Gasteiger partial charge in [0.15, 0.2) is 0 Å². The highest BCUT2D eigenvalue weighted by molar-refractivity contribution is 5.09. The molecule has 3 atom stereocenters. The minimum atomic E-state index is -4.25. The Bertz CT molecular complexity index is 447. The minimum Gasteiger partial charge on any atom is -0.369 e. The number of ether oxygens (including phenoxy) is 1. The molecule has 0 bridgehead atoms. The van der Waals surface area contributed by atoms with Crippen LogP contribution in [0.3, 0.4) is 0 Å². The van der Waals surface area contributed by atoms with Crippen LogP contribution in [-0.2, 0) is 11.8 Å². The van der Waals surface area contributed by atoms with Crippen molar-refractivity contribution in [2.45, 2.75) is 57.0 Å². The van der Waals surface area contributed by atoms with E-state index in [0.717, 1.165) is 18.4 Å². The van der Waals surface area contributed by atoms with Gasteiger partial charge in [-0.25, -0.2) is 0 Å². The Hall–Kier alpha value is -1.08. The number of aromatic nitrogens is 2. The fourth-order valence-corrected chi connectivity index (χ4v) is 2.77. The minimum absolute atomic E-state index is 0.130. The normalized spacial score (nSPS) is 25.0. The Labute approximate surface area is 122 Å². The highest BCUT2D eigenvalue weighted by Crippen LogP contribution is 2.25. The first-order valence-electron chi connectivity index (χ1n) is 7.26. The van der Waals surface area contributed by atoms with Crippen molar-refractivity contribution in [2.75, 3.05) is 6.61 Å². The fraction of sp³-hybridized carbons (Fsp3) is 0.786. The predicted molar refractivity (Wildman–Crippen MR) is 72.8 cm³/mol. The summed E-state index contributed by atoms with van der Waals surface area (Å²) in [6.45, 7) is 0.889. The number of alkyl halides is 3. The monoisotopic (exact) mass is 305 g/mol. The van der Waals surface area contributed by atoms with E-state index in [2.05, 4.69) is 10.4 Å². The summed E-state index contributed by atoms with van der Waals surface area (Å²) in [6.07, 6.45) is 2.38. The first-order valence-corrected chi connectivity index (χ1v) is 7.26. The van der Waals surface area contributed by atoms with Crippen molar-refractivity contribution in [3.05, 3.63) is 18.0 Å². The number of rotatable bonds is 5. The third-order valence-electron chi connectivity index (χ3n) is 3.82. The molecule has 0 radical (unpaired) electrons. The molecule has 1 aromatic heterocycles. The summed E-state index contributed by atoms with van der Waals surface area (Å²) in [4.78, 5) is 0. The molecule has 1 heterocycles. The summed E-state index contributed by atoms with van der Waals surface area (Å²) in [7, 11) is 1.86. The van der Waals surface area contributed by atoms with Crippen molar-refractivity contribution < 1.29 is 17.9 Å². The molecule has 21 heavy (non-hydrogen) atoms. The fourth-order valence-electron chi connectivity index (χ4n) is 2.77. The van der Waals surface area contributed by atoms with E-state index in [4.69, 9.17) is 4.74 Å². The Kier molecular flexibility index (Phi) is 5.27. The van der Waals surface area contributed by atoms with Crippen molar-refractivity contribution in [3.63, 3.8) is 0 Å². The summed E-state index contributed by atoms with van der Waals surface area (Å²) in [6, 6.07) is 0.317. The molecule has 0 aromatic carbocycles. The maximum absolute atomic E-state index is 12.2. The lowest BCUT2D eigenvalue weighted by molar-refractivity contribution is -0.188. The second-order valence-corrected chi connectivity index (χ2v) is 5.75. The molecule has 0 aliphatic heterocycles. The molecule has 1 aliphatic carbocycles. The highest BCUT2D eigenvalue weighted by Gasteiger charge is 2.31. The Morgan fingerprint density at radius 1 is 1.48 bits per heavy atom. The van der Waals surface area contributed by atoms with Gasteiger partial charge < -0.3 is 10.1 Å². The zero-order chi connectivity index (χ0) is 15.5. The maximum atomic E-state index is 12.2. The first kappa shape index (κ1) is 16.3. The Morgan fingerprint density at radius 2 is 2.24 bits per heavy atom. The lowest BCUT2D eigenvalue weighted by Crippen LogP contribution is -2.39. The molecule has 1 N–H and O–H groups in total. The third kappa shape index (κ3) is 5.32.